The monoisotopic (exact) mass is 476 g/mol. The SMILES string of the molecule is CSc1cc2nn(C3CCC(C(C)C)CC3)cc2cc1NC(=O)c1cccc(C(F)(F)F)n1. The second-order valence-electron chi connectivity index (χ2n) is 8.89. The van der Waals surface area contributed by atoms with E-state index in [0.29, 0.717) is 17.6 Å². The molecule has 5 nitrogen and oxygen atoms in total. The Kier molecular flexibility index (Phi) is 6.70. The Balaban J connectivity index is 1.56. The maximum atomic E-state index is 13.0. The first-order valence-corrected chi connectivity index (χ1v) is 12.3. The molecule has 1 saturated carbocycles. The van der Waals surface area contributed by atoms with Crippen LogP contribution in [0.2, 0.25) is 0 Å². The summed E-state index contributed by atoms with van der Waals surface area (Å²) in [6.45, 7) is 4.56. The van der Waals surface area contributed by atoms with Crippen molar-refractivity contribution in [1.29, 1.82) is 0 Å². The maximum absolute atomic E-state index is 13.0. The van der Waals surface area contributed by atoms with Gasteiger partial charge in [0.05, 0.1) is 17.2 Å². The molecule has 1 aromatic carbocycles. The summed E-state index contributed by atoms with van der Waals surface area (Å²) in [6.07, 6.45) is 3.85. The first-order valence-electron chi connectivity index (χ1n) is 11.1. The molecule has 1 N–H and O–H groups in total. The van der Waals surface area contributed by atoms with Crippen molar-refractivity contribution in [2.75, 3.05) is 11.6 Å². The summed E-state index contributed by atoms with van der Waals surface area (Å²) in [4.78, 5) is 16.9. The van der Waals surface area contributed by atoms with E-state index in [9.17, 15) is 18.0 Å². The number of anilines is 1. The lowest BCUT2D eigenvalue weighted by molar-refractivity contribution is -0.141. The molecular weight excluding hydrogens is 449 g/mol. The number of hydrogen-bond donors (Lipinski definition) is 1. The van der Waals surface area contributed by atoms with Crippen molar-refractivity contribution in [3.05, 3.63) is 47.9 Å². The number of nitrogens with zero attached hydrogens (tertiary/aromatic N) is 3. The molecule has 0 radical (unpaired) electrons. The van der Waals surface area contributed by atoms with Gasteiger partial charge >= 0.3 is 6.18 Å². The van der Waals surface area contributed by atoms with Crippen LogP contribution in [0, 0.1) is 11.8 Å². The van der Waals surface area contributed by atoms with Gasteiger partial charge in [0, 0.05) is 16.5 Å². The standard InChI is InChI=1S/C24H27F3N4OS/c1-14(2)15-7-9-17(10-8-15)31-13-16-11-20(21(33-3)12-19(16)30-31)29-23(32)18-5-4-6-22(28-18)24(25,26)27/h4-6,11-15,17H,7-10H2,1-3H3,(H,29,32). The molecule has 0 bridgehead atoms. The van der Waals surface area contributed by atoms with E-state index < -0.39 is 17.8 Å². The fraction of sp³-hybridized carbons (Fsp3) is 0.458. The number of carbonyl (C=O) groups excluding carboxylic acids is 1. The van der Waals surface area contributed by atoms with Gasteiger partial charge in [0.15, 0.2) is 0 Å². The van der Waals surface area contributed by atoms with Gasteiger partial charge in [-0.1, -0.05) is 19.9 Å². The minimum absolute atomic E-state index is 0.283. The molecule has 0 unspecified atom stereocenters. The van der Waals surface area contributed by atoms with Gasteiger partial charge in [-0.05, 0) is 68.0 Å². The third kappa shape index (κ3) is 5.18. The van der Waals surface area contributed by atoms with Gasteiger partial charge in [0.1, 0.15) is 11.4 Å². The highest BCUT2D eigenvalue weighted by Gasteiger charge is 2.33. The average Bonchev–Trinajstić information content (AvgIpc) is 3.21. The van der Waals surface area contributed by atoms with Crippen LogP contribution < -0.4 is 5.32 Å². The maximum Gasteiger partial charge on any atom is 0.433 e. The fourth-order valence-electron chi connectivity index (χ4n) is 4.46. The minimum Gasteiger partial charge on any atom is -0.320 e. The molecule has 9 heteroatoms. The van der Waals surface area contributed by atoms with Crippen molar-refractivity contribution in [3.63, 3.8) is 0 Å². The second kappa shape index (κ2) is 9.37. The third-order valence-corrected chi connectivity index (χ3v) is 7.20. The number of benzene rings is 1. The summed E-state index contributed by atoms with van der Waals surface area (Å²) in [5.41, 5.74) is -0.0125. The number of carbonyl (C=O) groups is 1. The molecule has 1 amide bonds. The zero-order chi connectivity index (χ0) is 23.8. The third-order valence-electron chi connectivity index (χ3n) is 6.42. The molecule has 0 saturated heterocycles. The van der Waals surface area contributed by atoms with Crippen LogP contribution in [0.4, 0.5) is 18.9 Å². The van der Waals surface area contributed by atoms with Crippen LogP contribution in [0.5, 0.6) is 0 Å². The molecule has 2 heterocycles. The number of nitrogens with one attached hydrogen (secondary N) is 1. The molecule has 0 aliphatic heterocycles. The Morgan fingerprint density at radius 2 is 1.91 bits per heavy atom. The van der Waals surface area contributed by atoms with Crippen LogP contribution >= 0.6 is 11.8 Å². The highest BCUT2D eigenvalue weighted by molar-refractivity contribution is 7.98. The molecule has 33 heavy (non-hydrogen) atoms. The average molecular weight is 477 g/mol. The van der Waals surface area contributed by atoms with Crippen LogP contribution in [0.15, 0.2) is 41.4 Å². The lowest BCUT2D eigenvalue weighted by atomic mass is 9.80. The molecule has 3 aromatic rings. The van der Waals surface area contributed by atoms with Crippen LogP contribution in [0.25, 0.3) is 10.9 Å². The molecule has 1 aliphatic carbocycles. The highest BCUT2D eigenvalue weighted by atomic mass is 32.2. The Labute approximate surface area is 195 Å². The quantitative estimate of drug-likeness (QED) is 0.411. The van der Waals surface area contributed by atoms with Gasteiger partial charge in [-0.2, -0.15) is 18.3 Å². The predicted molar refractivity (Wildman–Crippen MR) is 125 cm³/mol. The Bertz CT molecular complexity index is 1150. The van der Waals surface area contributed by atoms with Gasteiger partial charge in [-0.25, -0.2) is 4.98 Å². The number of fused-ring (bicyclic) bond motifs is 1. The zero-order valence-electron chi connectivity index (χ0n) is 18.8. The normalized spacial score (nSPS) is 19.2. The summed E-state index contributed by atoms with van der Waals surface area (Å²) in [6, 6.07) is 7.40. The lowest BCUT2D eigenvalue weighted by Crippen LogP contribution is -2.21. The molecule has 4 rings (SSSR count). The summed E-state index contributed by atoms with van der Waals surface area (Å²) < 4.78 is 40.9. The summed E-state index contributed by atoms with van der Waals surface area (Å²) >= 11 is 1.44. The first kappa shape index (κ1) is 23.6. The number of halogens is 3. The molecule has 0 spiro atoms. The van der Waals surface area contributed by atoms with E-state index in [1.165, 1.54) is 36.7 Å². The van der Waals surface area contributed by atoms with Crippen LogP contribution in [0.1, 0.15) is 61.8 Å². The largest absolute Gasteiger partial charge is 0.433 e. The number of alkyl halides is 3. The van der Waals surface area contributed by atoms with Crippen LogP contribution in [-0.2, 0) is 6.18 Å². The summed E-state index contributed by atoms with van der Waals surface area (Å²) in [5.74, 6) is 0.778. The highest BCUT2D eigenvalue weighted by Crippen LogP contribution is 2.37. The fourth-order valence-corrected chi connectivity index (χ4v) is 5.02. The molecule has 176 valence electrons. The molecule has 2 aromatic heterocycles. The number of aromatic nitrogens is 3. The second-order valence-corrected chi connectivity index (χ2v) is 9.74. The van der Waals surface area contributed by atoms with Gasteiger partial charge < -0.3 is 5.32 Å². The predicted octanol–water partition coefficient (Wildman–Crippen LogP) is 6.81. The molecule has 0 atom stereocenters. The lowest BCUT2D eigenvalue weighted by Gasteiger charge is -2.30. The molecule has 1 fully saturated rings. The van der Waals surface area contributed by atoms with Crippen molar-refractivity contribution < 1.29 is 18.0 Å². The Morgan fingerprint density at radius 3 is 2.55 bits per heavy atom. The number of rotatable bonds is 5. The van der Waals surface area contributed by atoms with Gasteiger partial charge in [-0.15, -0.1) is 11.8 Å². The van der Waals surface area contributed by atoms with E-state index in [-0.39, 0.29) is 5.69 Å². The van der Waals surface area contributed by atoms with Crippen molar-refractivity contribution in [3.8, 4) is 0 Å². The number of pyridine rings is 1. The van der Waals surface area contributed by atoms with E-state index in [2.05, 4.69) is 24.1 Å². The smallest absolute Gasteiger partial charge is 0.320 e. The van der Waals surface area contributed by atoms with Crippen LogP contribution in [-0.4, -0.2) is 26.9 Å². The Hall–Kier alpha value is -2.55. The van der Waals surface area contributed by atoms with Crippen molar-refractivity contribution in [1.82, 2.24) is 14.8 Å². The van der Waals surface area contributed by atoms with Crippen molar-refractivity contribution >= 4 is 34.3 Å². The molecular formula is C24H27F3N4OS. The zero-order valence-corrected chi connectivity index (χ0v) is 19.6. The Morgan fingerprint density at radius 1 is 1.18 bits per heavy atom. The first-order chi connectivity index (χ1) is 15.7. The van der Waals surface area contributed by atoms with E-state index in [1.54, 1.807) is 0 Å². The van der Waals surface area contributed by atoms with Gasteiger partial charge in [0.2, 0.25) is 0 Å². The summed E-state index contributed by atoms with van der Waals surface area (Å²) in [7, 11) is 0. The van der Waals surface area contributed by atoms with E-state index >= 15 is 0 Å². The van der Waals surface area contributed by atoms with E-state index in [0.717, 1.165) is 40.6 Å². The van der Waals surface area contributed by atoms with Gasteiger partial charge in [0.25, 0.3) is 5.91 Å². The number of thioether (sulfide) groups is 1. The van der Waals surface area contributed by atoms with Crippen molar-refractivity contribution in [2.45, 2.75) is 56.6 Å². The van der Waals surface area contributed by atoms with Gasteiger partial charge in [-0.3, -0.25) is 9.48 Å². The van der Waals surface area contributed by atoms with E-state index in [1.807, 2.05) is 29.3 Å². The van der Waals surface area contributed by atoms with Crippen molar-refractivity contribution in [2.24, 2.45) is 11.8 Å². The van der Waals surface area contributed by atoms with E-state index in [4.69, 9.17) is 5.10 Å². The summed E-state index contributed by atoms with van der Waals surface area (Å²) in [5, 5.41) is 8.39. The number of amides is 1. The topological polar surface area (TPSA) is 59.8 Å². The van der Waals surface area contributed by atoms with Crippen LogP contribution in [0.3, 0.4) is 0 Å². The number of hydrogen-bond acceptors (Lipinski definition) is 4. The molecule has 1 aliphatic rings. The minimum atomic E-state index is -4.61.